The maximum atomic E-state index is 14.5. The van der Waals surface area contributed by atoms with Crippen molar-refractivity contribution in [3.63, 3.8) is 0 Å². The Hall–Kier alpha value is -3.99. The molecule has 2 aromatic heterocycles. The van der Waals surface area contributed by atoms with E-state index in [0.717, 1.165) is 35.9 Å². The number of nitrogens with two attached hydrogens (primary N) is 1. The lowest BCUT2D eigenvalue weighted by atomic mass is 9.73. The summed E-state index contributed by atoms with van der Waals surface area (Å²) in [5.41, 5.74) is 6.15. The molecule has 3 aromatic rings. The molecule has 2 amide bonds. The summed E-state index contributed by atoms with van der Waals surface area (Å²) in [5, 5.41) is 5.60. The molecule has 1 fully saturated rings. The SMILES string of the molecule is CC(C)OC(=O)N[C@@H]1[C@H](N)C[C@H](c2ccncc2NC(=O)c2ccc(F)c(-c3c(F)cccc3F)n2)C[C@@H]1C. The monoisotopic (exact) mass is 541 g/mol. The molecule has 8 nitrogen and oxygen atoms in total. The van der Waals surface area contributed by atoms with Crippen LogP contribution < -0.4 is 16.4 Å². The fourth-order valence-corrected chi connectivity index (χ4v) is 5.00. The van der Waals surface area contributed by atoms with Crippen molar-refractivity contribution in [1.82, 2.24) is 15.3 Å². The molecule has 39 heavy (non-hydrogen) atoms. The van der Waals surface area contributed by atoms with Crippen LogP contribution in [-0.4, -0.2) is 40.2 Å². The van der Waals surface area contributed by atoms with Gasteiger partial charge in [-0.05, 0) is 74.4 Å². The topological polar surface area (TPSA) is 119 Å². The number of anilines is 1. The van der Waals surface area contributed by atoms with Crippen LogP contribution in [0.15, 0.2) is 48.8 Å². The van der Waals surface area contributed by atoms with Crippen LogP contribution in [0, 0.1) is 23.4 Å². The Kier molecular flexibility index (Phi) is 8.49. The molecule has 1 saturated carbocycles. The van der Waals surface area contributed by atoms with E-state index in [-0.39, 0.29) is 35.7 Å². The summed E-state index contributed by atoms with van der Waals surface area (Å²) in [4.78, 5) is 33.3. The van der Waals surface area contributed by atoms with Crippen molar-refractivity contribution in [2.45, 2.75) is 57.7 Å². The van der Waals surface area contributed by atoms with Crippen LogP contribution >= 0.6 is 0 Å². The van der Waals surface area contributed by atoms with Crippen LogP contribution in [-0.2, 0) is 4.74 Å². The summed E-state index contributed by atoms with van der Waals surface area (Å²) in [6, 6.07) is 6.31. The summed E-state index contributed by atoms with van der Waals surface area (Å²) in [7, 11) is 0. The minimum absolute atomic E-state index is 0.00664. The minimum Gasteiger partial charge on any atom is -0.447 e. The van der Waals surface area contributed by atoms with Gasteiger partial charge in [0.1, 0.15) is 28.8 Å². The van der Waals surface area contributed by atoms with Crippen LogP contribution in [0.25, 0.3) is 11.3 Å². The van der Waals surface area contributed by atoms with E-state index in [1.54, 1.807) is 26.1 Å². The molecule has 0 spiro atoms. The third-order valence-electron chi connectivity index (χ3n) is 6.74. The van der Waals surface area contributed by atoms with Crippen LogP contribution in [0.5, 0.6) is 0 Å². The lowest BCUT2D eigenvalue weighted by Crippen LogP contribution is -2.54. The molecule has 1 aliphatic rings. The maximum Gasteiger partial charge on any atom is 0.407 e. The molecular weight excluding hydrogens is 511 g/mol. The Morgan fingerprint density at radius 2 is 1.77 bits per heavy atom. The number of pyridine rings is 2. The number of amides is 2. The predicted molar refractivity (Wildman–Crippen MR) is 139 cm³/mol. The van der Waals surface area contributed by atoms with Gasteiger partial charge in [-0.25, -0.2) is 22.9 Å². The van der Waals surface area contributed by atoms with E-state index >= 15 is 0 Å². The van der Waals surface area contributed by atoms with Gasteiger partial charge in [0.05, 0.1) is 23.6 Å². The first-order valence-electron chi connectivity index (χ1n) is 12.6. The summed E-state index contributed by atoms with van der Waals surface area (Å²) >= 11 is 0. The molecular formula is C28H30F3N5O3. The molecule has 206 valence electrons. The fraction of sp³-hybridized carbons (Fsp3) is 0.357. The maximum absolute atomic E-state index is 14.5. The van der Waals surface area contributed by atoms with Crippen molar-refractivity contribution in [3.8, 4) is 11.3 Å². The summed E-state index contributed by atoms with van der Waals surface area (Å²) in [6.45, 7) is 5.51. The third kappa shape index (κ3) is 6.36. The fourth-order valence-electron chi connectivity index (χ4n) is 5.00. The largest absolute Gasteiger partial charge is 0.447 e. The first kappa shape index (κ1) is 28.0. The van der Waals surface area contributed by atoms with Crippen LogP contribution in [0.3, 0.4) is 0 Å². The number of hydrogen-bond donors (Lipinski definition) is 3. The van der Waals surface area contributed by atoms with Gasteiger partial charge in [-0.1, -0.05) is 13.0 Å². The number of nitrogens with zero attached hydrogens (tertiary/aromatic N) is 2. The van der Waals surface area contributed by atoms with E-state index in [4.69, 9.17) is 10.5 Å². The molecule has 1 aliphatic carbocycles. The zero-order valence-electron chi connectivity index (χ0n) is 21.8. The van der Waals surface area contributed by atoms with Crippen LogP contribution in [0.1, 0.15) is 55.6 Å². The van der Waals surface area contributed by atoms with E-state index in [1.165, 1.54) is 6.20 Å². The van der Waals surface area contributed by atoms with Crippen LogP contribution in [0.2, 0.25) is 0 Å². The zero-order chi connectivity index (χ0) is 28.3. The lowest BCUT2D eigenvalue weighted by molar-refractivity contribution is 0.101. The summed E-state index contributed by atoms with van der Waals surface area (Å²) in [5.74, 6) is -3.72. The predicted octanol–water partition coefficient (Wildman–Crippen LogP) is 5.16. The van der Waals surface area contributed by atoms with Gasteiger partial charge in [0, 0.05) is 18.3 Å². The van der Waals surface area contributed by atoms with Crippen molar-refractivity contribution in [2.24, 2.45) is 11.7 Å². The van der Waals surface area contributed by atoms with Gasteiger partial charge in [-0.3, -0.25) is 9.78 Å². The molecule has 0 aliphatic heterocycles. The standard InChI is InChI=1S/C28H30F3N5O3/c1-14(2)39-28(38)36-25-15(3)11-16(12-21(25)32)17-9-10-33-13-23(17)35-27(37)22-8-7-20(31)26(34-22)24-18(29)5-4-6-19(24)30/h4-10,13-16,21,25H,11-12,32H2,1-3H3,(H,35,37)(H,36,38)/t15-,16+,21+,25-/m0/s1. The van der Waals surface area contributed by atoms with E-state index < -0.39 is 40.7 Å². The molecule has 0 saturated heterocycles. The number of ether oxygens (including phenoxy) is 1. The van der Waals surface area contributed by atoms with Crippen molar-refractivity contribution < 1.29 is 27.5 Å². The number of carbonyl (C=O) groups is 2. The number of alkyl carbamates (subject to hydrolysis) is 1. The lowest BCUT2D eigenvalue weighted by Gasteiger charge is -2.39. The number of aromatic nitrogens is 2. The smallest absolute Gasteiger partial charge is 0.407 e. The minimum atomic E-state index is -0.999. The Morgan fingerprint density at radius 1 is 1.05 bits per heavy atom. The van der Waals surface area contributed by atoms with Gasteiger partial charge in [0.25, 0.3) is 5.91 Å². The van der Waals surface area contributed by atoms with Gasteiger partial charge in [-0.15, -0.1) is 0 Å². The van der Waals surface area contributed by atoms with E-state index in [1.807, 2.05) is 6.92 Å². The number of nitrogens with one attached hydrogen (secondary N) is 2. The van der Waals surface area contributed by atoms with Crippen molar-refractivity contribution in [1.29, 1.82) is 0 Å². The Bertz CT molecular complexity index is 1340. The van der Waals surface area contributed by atoms with Gasteiger partial charge < -0.3 is 21.1 Å². The average molecular weight is 542 g/mol. The van der Waals surface area contributed by atoms with Crippen molar-refractivity contribution in [3.05, 3.63) is 77.5 Å². The van der Waals surface area contributed by atoms with Crippen LogP contribution in [0.4, 0.5) is 23.7 Å². The normalized spacial score (nSPS) is 20.9. The Morgan fingerprint density at radius 3 is 2.44 bits per heavy atom. The molecule has 1 aromatic carbocycles. The molecule has 4 N–H and O–H groups in total. The number of benzene rings is 1. The molecule has 0 radical (unpaired) electrons. The molecule has 0 unspecified atom stereocenters. The number of rotatable bonds is 6. The molecule has 4 rings (SSSR count). The Labute approximate surface area is 224 Å². The molecule has 11 heteroatoms. The van der Waals surface area contributed by atoms with Gasteiger partial charge in [-0.2, -0.15) is 0 Å². The zero-order valence-corrected chi connectivity index (χ0v) is 21.8. The average Bonchev–Trinajstić information content (AvgIpc) is 2.87. The first-order chi connectivity index (χ1) is 18.5. The molecule has 4 atom stereocenters. The highest BCUT2D eigenvalue weighted by Crippen LogP contribution is 2.39. The second-order valence-corrected chi connectivity index (χ2v) is 9.97. The highest BCUT2D eigenvalue weighted by Gasteiger charge is 2.36. The van der Waals surface area contributed by atoms with Gasteiger partial charge in [0.2, 0.25) is 0 Å². The second-order valence-electron chi connectivity index (χ2n) is 9.97. The number of carbonyl (C=O) groups excluding carboxylic acids is 2. The summed E-state index contributed by atoms with van der Waals surface area (Å²) < 4.78 is 48.2. The van der Waals surface area contributed by atoms with E-state index in [0.29, 0.717) is 18.5 Å². The van der Waals surface area contributed by atoms with Crippen molar-refractivity contribution in [2.75, 3.05) is 5.32 Å². The molecule has 0 bridgehead atoms. The molecule has 2 heterocycles. The van der Waals surface area contributed by atoms with Gasteiger partial charge >= 0.3 is 6.09 Å². The van der Waals surface area contributed by atoms with Crippen molar-refractivity contribution >= 4 is 17.7 Å². The van der Waals surface area contributed by atoms with E-state index in [2.05, 4.69) is 20.6 Å². The quantitative estimate of drug-likeness (QED) is 0.397. The number of halogens is 3. The first-order valence-corrected chi connectivity index (χ1v) is 12.6. The van der Waals surface area contributed by atoms with E-state index in [9.17, 15) is 22.8 Å². The second kappa shape index (κ2) is 11.8. The third-order valence-corrected chi connectivity index (χ3v) is 6.74. The highest BCUT2D eigenvalue weighted by molar-refractivity contribution is 6.03. The number of hydrogen-bond acceptors (Lipinski definition) is 6. The summed E-state index contributed by atoms with van der Waals surface area (Å²) in [6.07, 6.45) is 3.49. The van der Waals surface area contributed by atoms with Gasteiger partial charge in [0.15, 0.2) is 0 Å². The Balaban J connectivity index is 1.54. The highest BCUT2D eigenvalue weighted by atomic mass is 19.1.